The minimum Gasteiger partial charge on any atom is -0.508 e. The SMILES string of the molecule is CC(=O)Nc1ccc(O)cc1.CC1(C)C[C@@H]1C(=O)N/C(=C\CCCCSC[C@H](N)C(=O)O)C(=O)O. The average molecular weight is 510 g/mol. The number of thioether (sulfide) groups is 1. The number of nitrogens with two attached hydrogens (primary N) is 1. The number of anilines is 1. The number of unbranched alkanes of at least 4 members (excludes halogenated alkanes) is 2. The number of aliphatic carboxylic acids is 2. The lowest BCUT2D eigenvalue weighted by atomic mass is 10.1. The molecule has 2 amide bonds. The van der Waals surface area contributed by atoms with E-state index in [1.165, 1.54) is 36.9 Å². The van der Waals surface area contributed by atoms with Gasteiger partial charge in [-0.25, -0.2) is 4.79 Å². The summed E-state index contributed by atoms with van der Waals surface area (Å²) in [5.74, 6) is -1.29. The maximum Gasteiger partial charge on any atom is 0.352 e. The standard InChI is InChI=1S/C16H26N2O5S.C8H9NO2/c1-16(2)8-10(16)13(19)18-12(15(22)23)6-4-3-5-7-24-9-11(17)14(20)21;1-6(10)9-7-2-4-8(11)5-3-7/h6,10-11H,3-5,7-9,17H2,1-2H3,(H,18,19)(H,20,21)(H,22,23);2-5,11H,1H3,(H,9,10)/b12-6-;/t10-,11+;/m1./s1. The highest BCUT2D eigenvalue weighted by Crippen LogP contribution is 2.51. The minimum absolute atomic E-state index is 0.0400. The molecule has 2 rings (SSSR count). The van der Waals surface area contributed by atoms with E-state index in [1.807, 2.05) is 13.8 Å². The number of amides is 2. The summed E-state index contributed by atoms with van der Waals surface area (Å²) in [7, 11) is 0. The number of aromatic hydroxyl groups is 1. The lowest BCUT2D eigenvalue weighted by Crippen LogP contribution is -2.32. The highest BCUT2D eigenvalue weighted by atomic mass is 32.2. The molecule has 2 atom stereocenters. The van der Waals surface area contributed by atoms with Crippen molar-refractivity contribution in [2.24, 2.45) is 17.1 Å². The highest BCUT2D eigenvalue weighted by molar-refractivity contribution is 7.99. The zero-order chi connectivity index (χ0) is 26.6. The summed E-state index contributed by atoms with van der Waals surface area (Å²) in [5, 5.41) is 31.8. The van der Waals surface area contributed by atoms with Crippen molar-refractivity contribution in [3.63, 3.8) is 0 Å². The molecule has 1 aliphatic carbocycles. The predicted octanol–water partition coefficient (Wildman–Crippen LogP) is 2.78. The number of hydrogen-bond acceptors (Lipinski definition) is 7. The molecular formula is C24H35N3O7S. The first-order chi connectivity index (χ1) is 16.3. The van der Waals surface area contributed by atoms with Crippen LogP contribution in [0.5, 0.6) is 5.75 Å². The summed E-state index contributed by atoms with van der Waals surface area (Å²) in [6.07, 6.45) is 4.44. The second-order valence-corrected chi connectivity index (χ2v) is 10.1. The van der Waals surface area contributed by atoms with Crippen LogP contribution >= 0.6 is 11.8 Å². The molecule has 0 aromatic heterocycles. The van der Waals surface area contributed by atoms with E-state index in [4.69, 9.17) is 21.1 Å². The highest BCUT2D eigenvalue weighted by Gasteiger charge is 2.50. The third kappa shape index (κ3) is 12.3. The van der Waals surface area contributed by atoms with E-state index >= 15 is 0 Å². The van der Waals surface area contributed by atoms with Crippen LogP contribution in [0.15, 0.2) is 36.0 Å². The van der Waals surface area contributed by atoms with Crippen LogP contribution in [0.2, 0.25) is 0 Å². The van der Waals surface area contributed by atoms with Crippen LogP contribution in [0.1, 0.15) is 46.5 Å². The summed E-state index contributed by atoms with van der Waals surface area (Å²) in [5.41, 5.74) is 5.97. The number of allylic oxidation sites excluding steroid dienone is 1. The molecule has 0 unspecified atom stereocenters. The molecular weight excluding hydrogens is 474 g/mol. The van der Waals surface area contributed by atoms with Crippen molar-refractivity contribution in [2.75, 3.05) is 16.8 Å². The molecule has 7 N–H and O–H groups in total. The first-order valence-electron chi connectivity index (χ1n) is 11.2. The fourth-order valence-corrected chi connectivity index (χ4v) is 3.92. The molecule has 194 valence electrons. The second kappa shape index (κ2) is 14.4. The van der Waals surface area contributed by atoms with Gasteiger partial charge in [-0.3, -0.25) is 14.4 Å². The number of carboxylic acid groups (broad SMARTS) is 2. The van der Waals surface area contributed by atoms with E-state index in [-0.39, 0.29) is 34.6 Å². The van der Waals surface area contributed by atoms with Crippen molar-refractivity contribution >= 4 is 41.2 Å². The molecule has 1 saturated carbocycles. The van der Waals surface area contributed by atoms with Crippen molar-refractivity contribution in [2.45, 2.75) is 52.5 Å². The summed E-state index contributed by atoms with van der Waals surface area (Å²) in [6.45, 7) is 5.40. The van der Waals surface area contributed by atoms with Crippen molar-refractivity contribution < 1.29 is 34.5 Å². The van der Waals surface area contributed by atoms with Crippen LogP contribution in [-0.2, 0) is 19.2 Å². The Kier molecular flexibility index (Phi) is 12.3. The normalized spacial score (nSPS) is 16.8. The molecule has 10 nitrogen and oxygen atoms in total. The van der Waals surface area contributed by atoms with Gasteiger partial charge in [0.1, 0.15) is 17.5 Å². The molecule has 1 aromatic carbocycles. The minimum atomic E-state index is -1.14. The fraction of sp³-hybridized carbons (Fsp3) is 0.500. The van der Waals surface area contributed by atoms with Crippen LogP contribution in [0.3, 0.4) is 0 Å². The van der Waals surface area contributed by atoms with E-state index in [9.17, 15) is 19.2 Å². The topological polar surface area (TPSA) is 179 Å². The van der Waals surface area contributed by atoms with E-state index < -0.39 is 18.0 Å². The number of rotatable bonds is 12. The van der Waals surface area contributed by atoms with Gasteiger partial charge in [0.25, 0.3) is 0 Å². The number of phenols is 1. The van der Waals surface area contributed by atoms with Crippen LogP contribution < -0.4 is 16.4 Å². The Hall–Kier alpha value is -3.05. The Morgan fingerprint density at radius 2 is 1.77 bits per heavy atom. The Balaban J connectivity index is 0.000000462. The van der Waals surface area contributed by atoms with Gasteiger partial charge in [0.2, 0.25) is 11.8 Å². The maximum atomic E-state index is 12.0. The summed E-state index contributed by atoms with van der Waals surface area (Å²) in [6, 6.07) is 5.46. The van der Waals surface area contributed by atoms with Gasteiger partial charge in [-0.15, -0.1) is 0 Å². The summed E-state index contributed by atoms with van der Waals surface area (Å²) >= 11 is 1.46. The zero-order valence-electron chi connectivity index (χ0n) is 20.2. The van der Waals surface area contributed by atoms with Gasteiger partial charge in [0.05, 0.1) is 0 Å². The lowest BCUT2D eigenvalue weighted by molar-refractivity contribution is -0.138. The van der Waals surface area contributed by atoms with Crippen molar-refractivity contribution in [3.05, 3.63) is 36.0 Å². The zero-order valence-corrected chi connectivity index (χ0v) is 21.1. The van der Waals surface area contributed by atoms with Gasteiger partial charge >= 0.3 is 11.9 Å². The molecule has 0 spiro atoms. The molecule has 1 aromatic rings. The predicted molar refractivity (Wildman–Crippen MR) is 135 cm³/mol. The molecule has 11 heteroatoms. The van der Waals surface area contributed by atoms with E-state index in [2.05, 4.69) is 10.6 Å². The number of carbonyl (C=O) groups is 4. The van der Waals surface area contributed by atoms with Crippen LogP contribution in [0.4, 0.5) is 5.69 Å². The molecule has 0 bridgehead atoms. The average Bonchev–Trinajstić information content (AvgIpc) is 3.41. The van der Waals surface area contributed by atoms with E-state index in [0.717, 1.165) is 25.0 Å². The quantitative estimate of drug-likeness (QED) is 0.140. The van der Waals surface area contributed by atoms with Crippen LogP contribution in [-0.4, -0.2) is 56.6 Å². The Morgan fingerprint density at radius 1 is 1.17 bits per heavy atom. The molecule has 1 aliphatic rings. The van der Waals surface area contributed by atoms with Gasteiger partial charge in [-0.05, 0) is 61.1 Å². The number of nitrogens with one attached hydrogen (secondary N) is 2. The van der Waals surface area contributed by atoms with Crippen molar-refractivity contribution in [1.29, 1.82) is 0 Å². The third-order valence-electron chi connectivity index (χ3n) is 5.21. The molecule has 35 heavy (non-hydrogen) atoms. The van der Waals surface area contributed by atoms with E-state index in [0.29, 0.717) is 17.9 Å². The number of phenolic OH excluding ortho intramolecular Hbond substituents is 1. The largest absolute Gasteiger partial charge is 0.508 e. The van der Waals surface area contributed by atoms with Gasteiger partial charge in [0.15, 0.2) is 0 Å². The van der Waals surface area contributed by atoms with Gasteiger partial charge in [-0.1, -0.05) is 19.9 Å². The fourth-order valence-electron chi connectivity index (χ4n) is 2.95. The first kappa shape index (κ1) is 30.0. The second-order valence-electron chi connectivity index (χ2n) is 8.90. The summed E-state index contributed by atoms with van der Waals surface area (Å²) in [4.78, 5) is 44.2. The van der Waals surface area contributed by atoms with Crippen LogP contribution in [0, 0.1) is 11.3 Å². The number of benzene rings is 1. The van der Waals surface area contributed by atoms with Gasteiger partial charge < -0.3 is 31.7 Å². The van der Waals surface area contributed by atoms with Gasteiger partial charge in [0, 0.05) is 24.3 Å². The number of carbonyl (C=O) groups excluding carboxylic acids is 2. The molecule has 0 heterocycles. The molecule has 0 saturated heterocycles. The Labute approximate surface area is 209 Å². The lowest BCUT2D eigenvalue weighted by Gasteiger charge is -2.08. The maximum absolute atomic E-state index is 12.0. The Bertz CT molecular complexity index is 916. The van der Waals surface area contributed by atoms with E-state index in [1.54, 1.807) is 12.1 Å². The van der Waals surface area contributed by atoms with Crippen molar-refractivity contribution in [1.82, 2.24) is 5.32 Å². The van der Waals surface area contributed by atoms with Crippen molar-refractivity contribution in [3.8, 4) is 5.75 Å². The molecule has 1 fully saturated rings. The molecule has 0 radical (unpaired) electrons. The smallest absolute Gasteiger partial charge is 0.352 e. The third-order valence-corrected chi connectivity index (χ3v) is 6.38. The monoisotopic (exact) mass is 509 g/mol. The first-order valence-corrected chi connectivity index (χ1v) is 12.4. The number of carboxylic acids is 2. The summed E-state index contributed by atoms with van der Waals surface area (Å²) < 4.78 is 0. The number of hydrogen-bond donors (Lipinski definition) is 6. The van der Waals surface area contributed by atoms with Gasteiger partial charge in [-0.2, -0.15) is 11.8 Å². The molecule has 0 aliphatic heterocycles. The van der Waals surface area contributed by atoms with Crippen LogP contribution in [0.25, 0.3) is 0 Å². The Morgan fingerprint density at radius 3 is 2.26 bits per heavy atom.